The maximum Gasteiger partial charge on any atom is 0.294 e. The van der Waals surface area contributed by atoms with Crippen molar-refractivity contribution < 1.29 is 19.1 Å². The smallest absolute Gasteiger partial charge is 0.294 e. The molecule has 1 unspecified atom stereocenters. The average molecular weight is 400 g/mol. The van der Waals surface area contributed by atoms with Crippen LogP contribution in [0.5, 0.6) is 5.75 Å². The first kappa shape index (κ1) is 17.8. The molecule has 1 aromatic heterocycles. The minimum Gasteiger partial charge on any atom is -0.493 e. The highest BCUT2D eigenvalue weighted by Gasteiger charge is 2.36. The molecule has 0 spiro atoms. The first-order valence-corrected chi connectivity index (χ1v) is 10.1. The average Bonchev–Trinajstić information content (AvgIpc) is 3.26. The van der Waals surface area contributed by atoms with Crippen molar-refractivity contribution in [3.05, 3.63) is 57.1 Å². The lowest BCUT2D eigenvalue weighted by Crippen LogP contribution is -2.41. The summed E-state index contributed by atoms with van der Waals surface area (Å²) < 4.78 is 5.59. The number of benzene rings is 1. The van der Waals surface area contributed by atoms with Crippen LogP contribution in [0.15, 0.2) is 46.7 Å². The predicted octanol–water partition coefficient (Wildman–Crippen LogP) is 3.42. The van der Waals surface area contributed by atoms with Gasteiger partial charge in [-0.15, -0.1) is 11.3 Å². The van der Waals surface area contributed by atoms with Crippen LogP contribution in [0.4, 0.5) is 4.79 Å². The number of hydrogen-bond acceptors (Lipinski definition) is 6. The number of amides is 3. The van der Waals surface area contributed by atoms with Gasteiger partial charge in [0.2, 0.25) is 5.91 Å². The van der Waals surface area contributed by atoms with Crippen LogP contribution in [0, 0.1) is 0 Å². The third-order valence-electron chi connectivity index (χ3n) is 4.29. The Balaban J connectivity index is 1.43. The van der Waals surface area contributed by atoms with E-state index in [2.05, 4.69) is 5.32 Å². The number of carbonyl (C=O) groups is 3. The zero-order valence-corrected chi connectivity index (χ0v) is 15.8. The molecule has 0 aliphatic carbocycles. The number of thioether (sulfide) groups is 1. The van der Waals surface area contributed by atoms with Gasteiger partial charge in [-0.05, 0) is 35.4 Å². The number of para-hydroxylation sites is 1. The van der Waals surface area contributed by atoms with Gasteiger partial charge >= 0.3 is 0 Å². The van der Waals surface area contributed by atoms with Crippen molar-refractivity contribution in [2.75, 3.05) is 13.2 Å². The van der Waals surface area contributed by atoms with Crippen LogP contribution in [0.3, 0.4) is 0 Å². The van der Waals surface area contributed by atoms with E-state index in [4.69, 9.17) is 4.74 Å². The molecule has 138 valence electrons. The van der Waals surface area contributed by atoms with Gasteiger partial charge in [-0.1, -0.05) is 24.3 Å². The molecule has 8 heteroatoms. The summed E-state index contributed by atoms with van der Waals surface area (Å²) in [7, 11) is 0. The van der Waals surface area contributed by atoms with E-state index in [1.54, 1.807) is 6.08 Å². The maximum atomic E-state index is 12.5. The monoisotopic (exact) mass is 400 g/mol. The summed E-state index contributed by atoms with van der Waals surface area (Å²) in [5, 5.41) is 4.38. The van der Waals surface area contributed by atoms with Gasteiger partial charge in [0.05, 0.1) is 17.6 Å². The van der Waals surface area contributed by atoms with Gasteiger partial charge in [0.25, 0.3) is 11.1 Å². The zero-order valence-electron chi connectivity index (χ0n) is 14.2. The zero-order chi connectivity index (χ0) is 18.8. The number of thiophene rings is 1. The summed E-state index contributed by atoms with van der Waals surface area (Å²) in [5.74, 6) is -0.0450. The molecule has 2 aliphatic rings. The highest BCUT2D eigenvalue weighted by molar-refractivity contribution is 8.18. The molecule has 1 N–H and O–H groups in total. The second kappa shape index (κ2) is 7.58. The van der Waals surface area contributed by atoms with Crippen LogP contribution in [0.25, 0.3) is 6.08 Å². The Hall–Kier alpha value is -2.58. The molecule has 2 aliphatic heterocycles. The molecule has 1 atom stereocenters. The second-order valence-corrected chi connectivity index (χ2v) is 8.05. The van der Waals surface area contributed by atoms with Crippen LogP contribution in [-0.4, -0.2) is 35.1 Å². The van der Waals surface area contributed by atoms with E-state index in [1.165, 1.54) is 11.3 Å². The number of carbonyl (C=O) groups excluding carboxylic acids is 3. The van der Waals surface area contributed by atoms with Crippen molar-refractivity contribution in [3.8, 4) is 5.75 Å². The van der Waals surface area contributed by atoms with Crippen LogP contribution < -0.4 is 10.1 Å². The lowest BCUT2D eigenvalue weighted by atomic mass is 10.0. The molecule has 1 aromatic carbocycles. The molecule has 6 nitrogen and oxygen atoms in total. The van der Waals surface area contributed by atoms with Gasteiger partial charge < -0.3 is 10.1 Å². The predicted molar refractivity (Wildman–Crippen MR) is 104 cm³/mol. The Bertz CT molecular complexity index is 924. The topological polar surface area (TPSA) is 75.7 Å². The van der Waals surface area contributed by atoms with Gasteiger partial charge in [-0.3, -0.25) is 19.3 Å². The van der Waals surface area contributed by atoms with Gasteiger partial charge in [-0.25, -0.2) is 0 Å². The number of hydrogen-bond donors (Lipinski definition) is 1. The molecule has 3 heterocycles. The van der Waals surface area contributed by atoms with Crippen molar-refractivity contribution >= 4 is 46.2 Å². The van der Waals surface area contributed by atoms with Crippen LogP contribution in [-0.2, 0) is 9.59 Å². The van der Waals surface area contributed by atoms with Crippen molar-refractivity contribution in [1.82, 2.24) is 10.2 Å². The van der Waals surface area contributed by atoms with E-state index < -0.39 is 11.1 Å². The lowest BCUT2D eigenvalue weighted by molar-refractivity contribution is -0.129. The normalized spacial score (nSPS) is 20.5. The van der Waals surface area contributed by atoms with Gasteiger partial charge in [0, 0.05) is 16.9 Å². The SMILES string of the molecule is O=C(CN1C(=O)S/C(=C\c2cccs2)C1=O)NC1CCOc2ccccc21. The molecule has 0 bridgehead atoms. The van der Waals surface area contributed by atoms with Crippen molar-refractivity contribution in [3.63, 3.8) is 0 Å². The number of imide groups is 1. The molecule has 0 saturated carbocycles. The fourth-order valence-electron chi connectivity index (χ4n) is 3.01. The molecule has 3 amide bonds. The first-order valence-electron chi connectivity index (χ1n) is 8.42. The van der Waals surface area contributed by atoms with E-state index >= 15 is 0 Å². The Labute approximate surface area is 164 Å². The highest BCUT2D eigenvalue weighted by Crippen LogP contribution is 2.34. The van der Waals surface area contributed by atoms with E-state index in [9.17, 15) is 14.4 Å². The molecule has 0 radical (unpaired) electrons. The third kappa shape index (κ3) is 3.77. The summed E-state index contributed by atoms with van der Waals surface area (Å²) in [6, 6.07) is 11.1. The molecule has 4 rings (SSSR count). The summed E-state index contributed by atoms with van der Waals surface area (Å²) >= 11 is 2.34. The van der Waals surface area contributed by atoms with E-state index in [-0.39, 0.29) is 18.5 Å². The van der Waals surface area contributed by atoms with Crippen LogP contribution >= 0.6 is 23.1 Å². The Kier molecular flexibility index (Phi) is 5.00. The summed E-state index contributed by atoms with van der Waals surface area (Å²) in [6.07, 6.45) is 2.32. The fraction of sp³-hybridized carbons (Fsp3) is 0.211. The third-order valence-corrected chi connectivity index (χ3v) is 6.01. The van der Waals surface area contributed by atoms with E-state index in [0.717, 1.165) is 32.9 Å². The van der Waals surface area contributed by atoms with E-state index in [0.29, 0.717) is 17.9 Å². The van der Waals surface area contributed by atoms with Crippen molar-refractivity contribution in [2.45, 2.75) is 12.5 Å². The molecule has 2 aromatic rings. The van der Waals surface area contributed by atoms with Crippen molar-refractivity contribution in [2.24, 2.45) is 0 Å². The molecule has 27 heavy (non-hydrogen) atoms. The summed E-state index contributed by atoms with van der Waals surface area (Å²) in [4.78, 5) is 39.4. The maximum absolute atomic E-state index is 12.5. The van der Waals surface area contributed by atoms with Crippen LogP contribution in [0.2, 0.25) is 0 Å². The molecular weight excluding hydrogens is 384 g/mol. The molecule has 1 fully saturated rings. The number of nitrogens with one attached hydrogen (secondary N) is 1. The largest absolute Gasteiger partial charge is 0.493 e. The van der Waals surface area contributed by atoms with Crippen LogP contribution in [0.1, 0.15) is 22.9 Å². The number of nitrogens with zero attached hydrogens (tertiary/aromatic N) is 1. The fourth-order valence-corrected chi connectivity index (χ4v) is 4.58. The van der Waals surface area contributed by atoms with Gasteiger partial charge in [-0.2, -0.15) is 0 Å². The molecular formula is C19H16N2O4S2. The highest BCUT2D eigenvalue weighted by atomic mass is 32.2. The minimum atomic E-state index is -0.430. The van der Waals surface area contributed by atoms with Crippen molar-refractivity contribution in [1.29, 1.82) is 0 Å². The van der Waals surface area contributed by atoms with Gasteiger partial charge in [0.15, 0.2) is 0 Å². The second-order valence-electron chi connectivity index (χ2n) is 6.08. The van der Waals surface area contributed by atoms with E-state index in [1.807, 2.05) is 41.8 Å². The molecule has 1 saturated heterocycles. The minimum absolute atomic E-state index is 0.191. The lowest BCUT2D eigenvalue weighted by Gasteiger charge is -2.27. The summed E-state index contributed by atoms with van der Waals surface area (Å²) in [5.41, 5.74) is 0.906. The number of fused-ring (bicyclic) bond motifs is 1. The first-order chi connectivity index (χ1) is 13.1. The van der Waals surface area contributed by atoms with Gasteiger partial charge in [0.1, 0.15) is 12.3 Å². The Morgan fingerprint density at radius 3 is 2.93 bits per heavy atom. The summed E-state index contributed by atoms with van der Waals surface area (Å²) in [6.45, 7) is 0.221. The Morgan fingerprint density at radius 2 is 2.11 bits per heavy atom. The standard InChI is InChI=1S/C19H16N2O4S2/c22-17(20-14-7-8-25-15-6-2-1-5-13(14)15)11-21-18(23)16(27-19(21)24)10-12-4-3-9-26-12/h1-6,9-10,14H,7-8,11H2,(H,20,22)/b16-10-. The number of rotatable bonds is 4. The number of ether oxygens (including phenoxy) is 1. The quantitative estimate of drug-likeness (QED) is 0.796. The Morgan fingerprint density at radius 1 is 1.26 bits per heavy atom.